The third-order valence-corrected chi connectivity index (χ3v) is 3.75. The maximum atomic E-state index is 12.2. The van der Waals surface area contributed by atoms with E-state index in [0.29, 0.717) is 12.5 Å². The van der Waals surface area contributed by atoms with Gasteiger partial charge in [0, 0.05) is 12.6 Å². The zero-order chi connectivity index (χ0) is 14.5. The Morgan fingerprint density at radius 2 is 1.68 bits per heavy atom. The van der Waals surface area contributed by atoms with Crippen molar-refractivity contribution in [2.75, 3.05) is 6.54 Å². The molecule has 0 aromatic rings. The molecule has 0 heterocycles. The van der Waals surface area contributed by atoms with Gasteiger partial charge in [-0.05, 0) is 32.6 Å². The molecule has 0 atom stereocenters. The highest BCUT2D eigenvalue weighted by Gasteiger charge is 2.36. The van der Waals surface area contributed by atoms with Gasteiger partial charge in [-0.15, -0.1) is 0 Å². The topological polar surface area (TPSA) is 58.2 Å². The molecule has 1 aliphatic rings. The monoisotopic (exact) mass is 268 g/mol. The lowest BCUT2D eigenvalue weighted by Gasteiger charge is -2.28. The second kappa shape index (κ2) is 6.92. The minimum atomic E-state index is -0.994. The average Bonchev–Trinajstić information content (AvgIpc) is 2.36. The van der Waals surface area contributed by atoms with Crippen LogP contribution in [0.25, 0.3) is 0 Å². The number of amides is 2. The van der Waals surface area contributed by atoms with Crippen molar-refractivity contribution >= 4 is 11.8 Å². The summed E-state index contributed by atoms with van der Waals surface area (Å²) in [6.45, 7) is 8.07. The van der Waals surface area contributed by atoms with Gasteiger partial charge in [-0.3, -0.25) is 9.59 Å². The molecular weight excluding hydrogens is 240 g/mol. The van der Waals surface area contributed by atoms with Gasteiger partial charge in [-0.1, -0.05) is 33.1 Å². The van der Waals surface area contributed by atoms with Gasteiger partial charge in [0.1, 0.15) is 5.41 Å². The molecule has 0 saturated heterocycles. The van der Waals surface area contributed by atoms with Crippen molar-refractivity contribution < 1.29 is 9.59 Å². The van der Waals surface area contributed by atoms with Gasteiger partial charge in [0.15, 0.2) is 0 Å². The van der Waals surface area contributed by atoms with Gasteiger partial charge >= 0.3 is 0 Å². The smallest absolute Gasteiger partial charge is 0.235 e. The van der Waals surface area contributed by atoms with Gasteiger partial charge in [0.25, 0.3) is 0 Å². The van der Waals surface area contributed by atoms with Crippen molar-refractivity contribution in [1.82, 2.24) is 10.6 Å². The van der Waals surface area contributed by atoms with Crippen LogP contribution in [0.2, 0.25) is 0 Å². The SMILES string of the molecule is CC(C)CNC(=O)C(C)(C)C(=O)NC1CCCCC1. The Labute approximate surface area is 116 Å². The summed E-state index contributed by atoms with van der Waals surface area (Å²) in [4.78, 5) is 24.3. The summed E-state index contributed by atoms with van der Waals surface area (Å²) >= 11 is 0. The van der Waals surface area contributed by atoms with Crippen LogP contribution in [0, 0.1) is 11.3 Å². The first-order valence-corrected chi connectivity index (χ1v) is 7.43. The fourth-order valence-electron chi connectivity index (χ4n) is 2.23. The first kappa shape index (κ1) is 16.0. The van der Waals surface area contributed by atoms with E-state index in [9.17, 15) is 9.59 Å². The van der Waals surface area contributed by atoms with Crippen molar-refractivity contribution in [3.63, 3.8) is 0 Å². The molecule has 0 bridgehead atoms. The van der Waals surface area contributed by atoms with E-state index >= 15 is 0 Å². The summed E-state index contributed by atoms with van der Waals surface area (Å²) in [6.07, 6.45) is 5.67. The molecule has 2 N–H and O–H groups in total. The first-order chi connectivity index (χ1) is 8.84. The quantitative estimate of drug-likeness (QED) is 0.751. The maximum Gasteiger partial charge on any atom is 0.235 e. The van der Waals surface area contributed by atoms with Crippen molar-refractivity contribution in [2.24, 2.45) is 11.3 Å². The van der Waals surface area contributed by atoms with Crippen LogP contribution in [-0.4, -0.2) is 24.4 Å². The lowest BCUT2D eigenvalue weighted by atomic mass is 9.88. The van der Waals surface area contributed by atoms with E-state index in [-0.39, 0.29) is 17.9 Å². The molecule has 0 radical (unpaired) electrons. The Kier molecular flexibility index (Phi) is 5.83. The molecule has 19 heavy (non-hydrogen) atoms. The van der Waals surface area contributed by atoms with E-state index in [0.717, 1.165) is 12.8 Å². The van der Waals surface area contributed by atoms with Crippen LogP contribution in [0.5, 0.6) is 0 Å². The Hall–Kier alpha value is -1.06. The van der Waals surface area contributed by atoms with E-state index < -0.39 is 5.41 Å². The van der Waals surface area contributed by atoms with Gasteiger partial charge in [-0.2, -0.15) is 0 Å². The number of carbonyl (C=O) groups is 2. The molecule has 0 aromatic carbocycles. The van der Waals surface area contributed by atoms with Gasteiger partial charge in [0.05, 0.1) is 0 Å². The second-order valence-corrected chi connectivity index (χ2v) is 6.54. The zero-order valence-electron chi connectivity index (χ0n) is 12.7. The summed E-state index contributed by atoms with van der Waals surface area (Å²) < 4.78 is 0. The average molecular weight is 268 g/mol. The van der Waals surface area contributed by atoms with Crippen LogP contribution in [-0.2, 0) is 9.59 Å². The van der Waals surface area contributed by atoms with E-state index in [1.165, 1.54) is 19.3 Å². The van der Waals surface area contributed by atoms with Crippen molar-refractivity contribution in [2.45, 2.75) is 65.8 Å². The minimum absolute atomic E-state index is 0.152. The Morgan fingerprint density at radius 3 is 2.21 bits per heavy atom. The predicted molar refractivity (Wildman–Crippen MR) is 76.6 cm³/mol. The summed E-state index contributed by atoms with van der Waals surface area (Å²) in [5.74, 6) is 0.0521. The lowest BCUT2D eigenvalue weighted by Crippen LogP contribution is -2.51. The molecule has 0 aromatic heterocycles. The van der Waals surface area contributed by atoms with Crippen molar-refractivity contribution in [3.05, 3.63) is 0 Å². The van der Waals surface area contributed by atoms with Gasteiger partial charge in [-0.25, -0.2) is 0 Å². The zero-order valence-corrected chi connectivity index (χ0v) is 12.7. The summed E-state index contributed by atoms with van der Waals surface area (Å²) in [5.41, 5.74) is -0.994. The molecule has 1 aliphatic carbocycles. The molecule has 110 valence electrons. The van der Waals surface area contributed by atoms with Gasteiger partial charge < -0.3 is 10.6 Å². The Balaban J connectivity index is 2.49. The van der Waals surface area contributed by atoms with E-state index in [2.05, 4.69) is 10.6 Å². The molecular formula is C15H28N2O2. The van der Waals surface area contributed by atoms with Crippen LogP contribution >= 0.6 is 0 Å². The van der Waals surface area contributed by atoms with Crippen molar-refractivity contribution in [3.8, 4) is 0 Å². The second-order valence-electron chi connectivity index (χ2n) is 6.54. The highest BCUT2D eigenvalue weighted by atomic mass is 16.2. The van der Waals surface area contributed by atoms with Crippen molar-refractivity contribution in [1.29, 1.82) is 0 Å². The fourth-order valence-corrected chi connectivity index (χ4v) is 2.23. The molecule has 0 spiro atoms. The Morgan fingerprint density at radius 1 is 1.11 bits per heavy atom. The van der Waals surface area contributed by atoms with E-state index in [1.54, 1.807) is 13.8 Å². The molecule has 4 nitrogen and oxygen atoms in total. The van der Waals surface area contributed by atoms with Crippen LogP contribution < -0.4 is 10.6 Å². The highest BCUT2D eigenvalue weighted by molar-refractivity contribution is 6.04. The standard InChI is InChI=1S/C15H28N2O2/c1-11(2)10-16-13(18)15(3,4)14(19)17-12-8-6-5-7-9-12/h11-12H,5-10H2,1-4H3,(H,16,18)(H,17,19). The largest absolute Gasteiger partial charge is 0.355 e. The summed E-state index contributed by atoms with van der Waals surface area (Å²) in [7, 11) is 0. The first-order valence-electron chi connectivity index (χ1n) is 7.43. The Bertz CT molecular complexity index is 318. The molecule has 0 aliphatic heterocycles. The van der Waals surface area contributed by atoms with Gasteiger partial charge in [0.2, 0.25) is 11.8 Å². The molecule has 1 rings (SSSR count). The molecule has 1 saturated carbocycles. The minimum Gasteiger partial charge on any atom is -0.355 e. The summed E-state index contributed by atoms with van der Waals surface area (Å²) in [6, 6.07) is 0.249. The summed E-state index contributed by atoms with van der Waals surface area (Å²) in [5, 5.41) is 5.87. The maximum absolute atomic E-state index is 12.2. The molecule has 0 unspecified atom stereocenters. The van der Waals surface area contributed by atoms with Crippen LogP contribution in [0.3, 0.4) is 0 Å². The number of rotatable bonds is 5. The molecule has 4 heteroatoms. The fraction of sp³-hybridized carbons (Fsp3) is 0.867. The third-order valence-electron chi connectivity index (χ3n) is 3.75. The molecule has 2 amide bonds. The predicted octanol–water partition coefficient (Wildman–Crippen LogP) is 2.23. The lowest BCUT2D eigenvalue weighted by molar-refractivity contribution is -0.142. The van der Waals surface area contributed by atoms with Crippen LogP contribution in [0.1, 0.15) is 59.8 Å². The number of nitrogens with one attached hydrogen (secondary N) is 2. The molecule has 1 fully saturated rings. The normalized spacial score (nSPS) is 17.3. The van der Waals surface area contributed by atoms with E-state index in [1.807, 2.05) is 13.8 Å². The number of hydrogen-bond acceptors (Lipinski definition) is 2. The van der Waals surface area contributed by atoms with Crippen LogP contribution in [0.4, 0.5) is 0 Å². The number of carbonyl (C=O) groups excluding carboxylic acids is 2. The van der Waals surface area contributed by atoms with Crippen LogP contribution in [0.15, 0.2) is 0 Å². The third kappa shape index (κ3) is 4.84. The highest BCUT2D eigenvalue weighted by Crippen LogP contribution is 2.21. The van der Waals surface area contributed by atoms with E-state index in [4.69, 9.17) is 0 Å². The number of hydrogen-bond donors (Lipinski definition) is 2.